The predicted octanol–water partition coefficient (Wildman–Crippen LogP) is 6.84. The molecule has 4 saturated carbocycles. The van der Waals surface area contributed by atoms with E-state index in [2.05, 4.69) is 47.6 Å². The van der Waals surface area contributed by atoms with Crippen molar-refractivity contribution in [2.75, 3.05) is 6.61 Å². The minimum atomic E-state index is -1.32. The topological polar surface area (TPSA) is 152 Å². The Morgan fingerprint density at radius 3 is 2.04 bits per heavy atom. The molecule has 6 aliphatic rings. The molecule has 0 aromatic carbocycles. The fourth-order valence-electron chi connectivity index (χ4n) is 13.3. The van der Waals surface area contributed by atoms with Crippen LogP contribution in [0.25, 0.3) is 0 Å². The molecule has 0 aromatic heterocycles. The predicted molar refractivity (Wildman–Crippen MR) is 202 cm³/mol. The minimum absolute atomic E-state index is 0.0954. The van der Waals surface area contributed by atoms with Gasteiger partial charge in [0.15, 0.2) is 18.3 Å². The van der Waals surface area contributed by atoms with Crippen LogP contribution in [0.15, 0.2) is 11.6 Å². The summed E-state index contributed by atoms with van der Waals surface area (Å²) < 4.78 is 28.8. The molecule has 1 N–H and O–H groups in total. The summed E-state index contributed by atoms with van der Waals surface area (Å²) in [6, 6.07) is 0. The van der Waals surface area contributed by atoms with Gasteiger partial charge in [0.1, 0.15) is 24.6 Å². The first kappa shape index (κ1) is 41.8. The number of allylic oxidation sites excluding steroid dienone is 2. The normalized spacial score (nSPS) is 42.1. The van der Waals surface area contributed by atoms with E-state index in [1.807, 2.05) is 0 Å². The zero-order valence-corrected chi connectivity index (χ0v) is 34.9. The van der Waals surface area contributed by atoms with E-state index in [1.165, 1.54) is 33.3 Å². The van der Waals surface area contributed by atoms with Gasteiger partial charge in [-0.15, -0.1) is 0 Å². The molecule has 11 heteroatoms. The lowest BCUT2D eigenvalue weighted by Gasteiger charge is -2.67. The van der Waals surface area contributed by atoms with Crippen LogP contribution in [-0.2, 0) is 47.7 Å². The van der Waals surface area contributed by atoms with Crippen LogP contribution in [0.3, 0.4) is 0 Å². The molecule has 6 rings (SSSR count). The quantitative estimate of drug-likeness (QED) is 0.157. The van der Waals surface area contributed by atoms with Crippen molar-refractivity contribution in [3.05, 3.63) is 11.6 Å². The summed E-state index contributed by atoms with van der Waals surface area (Å²) >= 11 is 0. The average Bonchev–Trinajstić information content (AvgIpc) is 3.06. The second-order valence-corrected chi connectivity index (χ2v) is 20.1. The lowest BCUT2D eigenvalue weighted by molar-refractivity contribution is -0.269. The number of ether oxygens (including phenoxy) is 5. The first-order chi connectivity index (χ1) is 25.5. The molecule has 308 valence electrons. The monoisotopic (exact) mass is 770 g/mol. The van der Waals surface area contributed by atoms with E-state index in [0.29, 0.717) is 36.4 Å². The molecular weight excluding hydrogens is 704 g/mol. The molecule has 1 saturated heterocycles. The lowest BCUT2D eigenvalue weighted by atomic mass is 9.37. The van der Waals surface area contributed by atoms with Gasteiger partial charge in [-0.3, -0.25) is 24.0 Å². The number of aliphatic hydroxyl groups is 1. The molecule has 0 aromatic rings. The van der Waals surface area contributed by atoms with E-state index in [-0.39, 0.29) is 39.6 Å². The molecule has 7 unspecified atom stereocenters. The molecule has 55 heavy (non-hydrogen) atoms. The van der Waals surface area contributed by atoms with Gasteiger partial charge in [0.2, 0.25) is 0 Å². The third kappa shape index (κ3) is 7.54. The summed E-state index contributed by atoms with van der Waals surface area (Å²) in [5, 5.41) is 12.4. The SMILES string of the molecule is CC(=O)OCC1O[C@@H]([C@H](O)C[C@@]23CCC4C(=CCC5[C@@]4(C)CCC4C(C)(C)C(=O)CC[C@@]45C)C2CC(C)(C)CC3)C(OC(C)=O)C(OC(C)=O)[C@@H]1OC(C)=O. The molecule has 1 aliphatic heterocycles. The first-order valence-electron chi connectivity index (χ1n) is 20.8. The Hall–Kier alpha value is -2.79. The number of carbonyl (C=O) groups is 5. The smallest absolute Gasteiger partial charge is 0.303 e. The van der Waals surface area contributed by atoms with E-state index >= 15 is 0 Å². The number of hydrogen-bond acceptors (Lipinski definition) is 11. The number of ketones is 1. The van der Waals surface area contributed by atoms with E-state index in [0.717, 1.165) is 57.8 Å². The number of aliphatic hydroxyl groups excluding tert-OH is 1. The van der Waals surface area contributed by atoms with E-state index in [1.54, 1.807) is 0 Å². The minimum Gasteiger partial charge on any atom is -0.463 e. The number of fused-ring (bicyclic) bond motifs is 7. The highest BCUT2D eigenvalue weighted by atomic mass is 16.7. The maximum atomic E-state index is 13.2. The van der Waals surface area contributed by atoms with Crippen LogP contribution in [0, 0.1) is 50.7 Å². The van der Waals surface area contributed by atoms with Crippen molar-refractivity contribution in [2.45, 2.75) is 176 Å². The molecule has 0 bridgehead atoms. The molecule has 5 fully saturated rings. The largest absolute Gasteiger partial charge is 0.463 e. The average molecular weight is 771 g/mol. The van der Waals surface area contributed by atoms with Gasteiger partial charge >= 0.3 is 23.9 Å². The van der Waals surface area contributed by atoms with Crippen molar-refractivity contribution in [3.63, 3.8) is 0 Å². The molecule has 0 radical (unpaired) electrons. The fourth-order valence-corrected chi connectivity index (χ4v) is 13.3. The number of hydrogen-bond donors (Lipinski definition) is 1. The fraction of sp³-hybridized carbons (Fsp3) is 0.841. The Morgan fingerprint density at radius 1 is 0.764 bits per heavy atom. The zero-order valence-electron chi connectivity index (χ0n) is 34.9. The van der Waals surface area contributed by atoms with Crippen LogP contribution in [0.1, 0.15) is 140 Å². The van der Waals surface area contributed by atoms with Crippen LogP contribution in [-0.4, -0.2) is 78.0 Å². The molecule has 0 spiro atoms. The summed E-state index contributed by atoms with van der Waals surface area (Å²) in [7, 11) is 0. The lowest BCUT2D eigenvalue weighted by Crippen LogP contribution is -2.65. The number of rotatable bonds is 8. The van der Waals surface area contributed by atoms with Crippen molar-refractivity contribution in [2.24, 2.45) is 50.7 Å². The summed E-state index contributed by atoms with van der Waals surface area (Å²) in [5.41, 5.74) is 1.26. The van der Waals surface area contributed by atoms with Gasteiger partial charge in [-0.05, 0) is 110 Å². The summed E-state index contributed by atoms with van der Waals surface area (Å²) in [4.78, 5) is 62.5. The van der Waals surface area contributed by atoms with Gasteiger partial charge in [-0.2, -0.15) is 0 Å². The van der Waals surface area contributed by atoms with Crippen molar-refractivity contribution in [3.8, 4) is 0 Å². The Morgan fingerprint density at radius 2 is 1.40 bits per heavy atom. The number of carbonyl (C=O) groups excluding carboxylic acids is 5. The van der Waals surface area contributed by atoms with Crippen molar-refractivity contribution < 1.29 is 52.8 Å². The van der Waals surface area contributed by atoms with Gasteiger partial charge in [0, 0.05) is 39.5 Å². The van der Waals surface area contributed by atoms with Crippen molar-refractivity contribution in [1.29, 1.82) is 0 Å². The van der Waals surface area contributed by atoms with Crippen LogP contribution in [0.5, 0.6) is 0 Å². The second-order valence-electron chi connectivity index (χ2n) is 20.1. The first-order valence-corrected chi connectivity index (χ1v) is 20.8. The zero-order chi connectivity index (χ0) is 40.5. The standard InChI is InChI=1S/C44H66O11/c1-24(45)51-23-32-37(52-25(2)46)39(54-27(4)48)38(53-26(3)47)36(55-32)31(49)22-44-18-13-29-28(30(44)21-40(5,6)19-20-44)11-12-34-42(29,9)16-14-33-41(7,8)35(50)15-17-43(33,34)10/h11,29-34,36-39,49H,12-23H2,1-10H3/t29?,30?,31-,32?,33?,34?,36+,37-,38?,39?,42+,43+,44+/m1/s1. The Bertz CT molecular complexity index is 1580. The maximum absolute atomic E-state index is 13.2. The van der Waals surface area contributed by atoms with Crippen molar-refractivity contribution in [1.82, 2.24) is 0 Å². The summed E-state index contributed by atoms with van der Waals surface area (Å²) in [5.74, 6) is -0.735. The Kier molecular flexibility index (Phi) is 11.3. The molecule has 13 atom stereocenters. The molecule has 5 aliphatic carbocycles. The summed E-state index contributed by atoms with van der Waals surface area (Å²) in [6.45, 7) is 18.6. The third-order valence-corrected chi connectivity index (χ3v) is 15.8. The number of esters is 4. The highest BCUT2D eigenvalue weighted by Gasteiger charge is 2.65. The Labute approximate surface area is 327 Å². The Balaban J connectivity index is 1.34. The van der Waals surface area contributed by atoms with Crippen LogP contribution in [0.4, 0.5) is 0 Å². The van der Waals surface area contributed by atoms with Gasteiger partial charge in [0.25, 0.3) is 0 Å². The van der Waals surface area contributed by atoms with E-state index in [4.69, 9.17) is 23.7 Å². The van der Waals surface area contributed by atoms with Gasteiger partial charge in [0.05, 0.1) is 6.10 Å². The third-order valence-electron chi connectivity index (χ3n) is 15.8. The maximum Gasteiger partial charge on any atom is 0.303 e. The molecule has 1 heterocycles. The highest BCUT2D eigenvalue weighted by Crippen LogP contribution is 2.72. The van der Waals surface area contributed by atoms with Gasteiger partial charge < -0.3 is 28.8 Å². The van der Waals surface area contributed by atoms with Crippen molar-refractivity contribution >= 4 is 29.7 Å². The van der Waals surface area contributed by atoms with Crippen LogP contribution < -0.4 is 0 Å². The second kappa shape index (κ2) is 14.9. The summed E-state index contributed by atoms with van der Waals surface area (Å²) in [6.07, 6.45) is 5.21. The van der Waals surface area contributed by atoms with Crippen LogP contribution >= 0.6 is 0 Å². The highest BCUT2D eigenvalue weighted by molar-refractivity contribution is 5.85. The van der Waals surface area contributed by atoms with Gasteiger partial charge in [-0.1, -0.05) is 53.2 Å². The van der Waals surface area contributed by atoms with E-state index < -0.39 is 60.5 Å². The molecule has 0 amide bonds. The number of Topliss-reactive ketones (excluding diaryl/α,β-unsaturated/α-hetero) is 1. The molecular formula is C44H66O11. The van der Waals surface area contributed by atoms with Gasteiger partial charge in [-0.25, -0.2) is 0 Å². The van der Waals surface area contributed by atoms with Crippen LogP contribution in [0.2, 0.25) is 0 Å². The molecule has 11 nitrogen and oxygen atoms in total. The van der Waals surface area contributed by atoms with E-state index in [9.17, 15) is 29.1 Å².